The molecule has 0 bridgehead atoms. The van der Waals surface area contributed by atoms with Crippen LogP contribution in [-0.4, -0.2) is 31.7 Å². The van der Waals surface area contributed by atoms with Crippen molar-refractivity contribution in [2.75, 3.05) is 12.3 Å². The fourth-order valence-corrected chi connectivity index (χ4v) is 3.68. The molecule has 1 saturated carbocycles. The highest BCUT2D eigenvalue weighted by atomic mass is 32.2. The van der Waals surface area contributed by atoms with Crippen LogP contribution in [0.5, 0.6) is 0 Å². The molecule has 112 valence electrons. The molecule has 2 N–H and O–H groups in total. The molecule has 0 aliphatic heterocycles. The van der Waals surface area contributed by atoms with Gasteiger partial charge in [0.2, 0.25) is 0 Å². The highest BCUT2D eigenvalue weighted by molar-refractivity contribution is 7.91. The van der Waals surface area contributed by atoms with Gasteiger partial charge in [-0.1, -0.05) is 25.7 Å². The summed E-state index contributed by atoms with van der Waals surface area (Å²) in [6.45, 7) is 3.67. The van der Waals surface area contributed by atoms with Gasteiger partial charge in [-0.15, -0.1) is 0 Å². The Balaban J connectivity index is 2.69. The molecule has 1 aliphatic carbocycles. The molecule has 19 heavy (non-hydrogen) atoms. The Morgan fingerprint density at radius 2 is 1.68 bits per heavy atom. The Labute approximate surface area is 117 Å². The summed E-state index contributed by atoms with van der Waals surface area (Å²) >= 11 is 0. The number of rotatable bonds is 6. The quantitative estimate of drug-likeness (QED) is 0.759. The van der Waals surface area contributed by atoms with Gasteiger partial charge < -0.3 is 5.73 Å². The number of nitrogens with two attached hydrogens (primary N) is 1. The van der Waals surface area contributed by atoms with Crippen LogP contribution in [0.15, 0.2) is 0 Å². The third kappa shape index (κ3) is 4.28. The first-order valence-electron chi connectivity index (χ1n) is 7.29. The summed E-state index contributed by atoms with van der Waals surface area (Å²) in [4.78, 5) is 12.4. The van der Waals surface area contributed by atoms with Crippen molar-refractivity contribution in [2.24, 2.45) is 11.1 Å². The van der Waals surface area contributed by atoms with Crippen molar-refractivity contribution in [1.29, 1.82) is 0 Å². The summed E-state index contributed by atoms with van der Waals surface area (Å²) in [5.41, 5.74) is 5.38. The average Bonchev–Trinajstić information content (AvgIpc) is 2.62. The van der Waals surface area contributed by atoms with Gasteiger partial charge >= 0.3 is 0 Å². The Morgan fingerprint density at radius 1 is 1.16 bits per heavy atom. The van der Waals surface area contributed by atoms with E-state index in [2.05, 4.69) is 0 Å². The molecular formula is C14H27NO3S. The number of hydrogen-bond donors (Lipinski definition) is 1. The van der Waals surface area contributed by atoms with E-state index in [1.807, 2.05) is 0 Å². The first kappa shape index (κ1) is 16.6. The maximum Gasteiger partial charge on any atom is 0.153 e. The number of carbonyl (C=O) groups is 1. The third-order valence-electron chi connectivity index (χ3n) is 4.37. The molecule has 0 atom stereocenters. The predicted molar refractivity (Wildman–Crippen MR) is 77.7 cm³/mol. The van der Waals surface area contributed by atoms with E-state index in [1.54, 1.807) is 13.8 Å². The molecule has 5 heteroatoms. The van der Waals surface area contributed by atoms with Gasteiger partial charge in [0.05, 0.1) is 11.0 Å². The minimum absolute atomic E-state index is 0.0365. The highest BCUT2D eigenvalue weighted by Crippen LogP contribution is 2.36. The van der Waals surface area contributed by atoms with Gasteiger partial charge in [-0.2, -0.15) is 0 Å². The van der Waals surface area contributed by atoms with E-state index in [-0.39, 0.29) is 18.0 Å². The molecule has 4 nitrogen and oxygen atoms in total. The third-order valence-corrected chi connectivity index (χ3v) is 6.58. The molecule has 0 aromatic carbocycles. The minimum Gasteiger partial charge on any atom is -0.329 e. The lowest BCUT2D eigenvalue weighted by molar-refractivity contribution is -0.128. The maximum absolute atomic E-state index is 12.4. The molecule has 0 heterocycles. The van der Waals surface area contributed by atoms with Gasteiger partial charge in [-0.05, 0) is 26.7 Å². The second-order valence-corrected chi connectivity index (χ2v) is 8.66. The van der Waals surface area contributed by atoms with Gasteiger partial charge in [0.25, 0.3) is 0 Å². The van der Waals surface area contributed by atoms with Crippen LogP contribution in [0.4, 0.5) is 0 Å². The Kier molecular flexibility index (Phi) is 5.99. The zero-order valence-corrected chi connectivity index (χ0v) is 13.0. The second-order valence-electron chi connectivity index (χ2n) is 5.99. The summed E-state index contributed by atoms with van der Waals surface area (Å²) in [6.07, 6.45) is 6.13. The molecule has 0 unspecified atom stereocenters. The number of ketones is 1. The zero-order chi connectivity index (χ0) is 14.5. The van der Waals surface area contributed by atoms with Crippen LogP contribution < -0.4 is 5.73 Å². The molecule has 0 aromatic rings. The lowest BCUT2D eigenvalue weighted by atomic mass is 9.76. The van der Waals surface area contributed by atoms with Crippen molar-refractivity contribution in [3.05, 3.63) is 0 Å². The van der Waals surface area contributed by atoms with Crippen molar-refractivity contribution in [1.82, 2.24) is 0 Å². The van der Waals surface area contributed by atoms with Crippen molar-refractivity contribution >= 4 is 15.6 Å². The van der Waals surface area contributed by atoms with E-state index < -0.39 is 20.5 Å². The van der Waals surface area contributed by atoms with Crippen LogP contribution in [-0.2, 0) is 14.6 Å². The lowest BCUT2D eigenvalue weighted by Gasteiger charge is -2.29. The standard InChI is InChI=1S/C14H27NO3S/c1-12(2)19(17,18)10-7-13(16)14(11-15)8-5-3-4-6-9-14/h12H,3-11,15H2,1-2H3. The van der Waals surface area contributed by atoms with Gasteiger partial charge in [-0.25, -0.2) is 8.42 Å². The Morgan fingerprint density at radius 3 is 2.11 bits per heavy atom. The van der Waals surface area contributed by atoms with Crippen LogP contribution in [0, 0.1) is 5.41 Å². The van der Waals surface area contributed by atoms with Crippen LogP contribution in [0.2, 0.25) is 0 Å². The first-order valence-corrected chi connectivity index (χ1v) is 9.00. The van der Waals surface area contributed by atoms with E-state index in [1.165, 1.54) is 0 Å². The Bertz CT molecular complexity index is 393. The Hall–Kier alpha value is -0.420. The van der Waals surface area contributed by atoms with Gasteiger partial charge in [0.15, 0.2) is 9.84 Å². The van der Waals surface area contributed by atoms with Crippen LogP contribution in [0.1, 0.15) is 58.8 Å². The van der Waals surface area contributed by atoms with E-state index >= 15 is 0 Å². The lowest BCUT2D eigenvalue weighted by Crippen LogP contribution is -2.39. The number of Topliss-reactive ketones (excluding diaryl/α,β-unsaturated/α-hetero) is 1. The molecule has 0 spiro atoms. The molecule has 0 amide bonds. The monoisotopic (exact) mass is 289 g/mol. The molecule has 0 aromatic heterocycles. The SMILES string of the molecule is CC(C)S(=O)(=O)CCC(=O)C1(CN)CCCCCC1. The van der Waals surface area contributed by atoms with Crippen LogP contribution >= 0.6 is 0 Å². The number of carbonyl (C=O) groups excluding carboxylic acids is 1. The fourth-order valence-electron chi connectivity index (χ4n) is 2.74. The van der Waals surface area contributed by atoms with E-state index in [0.29, 0.717) is 6.54 Å². The predicted octanol–water partition coefficient (Wildman–Crippen LogP) is 2.07. The zero-order valence-electron chi connectivity index (χ0n) is 12.2. The van der Waals surface area contributed by atoms with Crippen LogP contribution in [0.3, 0.4) is 0 Å². The van der Waals surface area contributed by atoms with Crippen molar-refractivity contribution in [3.63, 3.8) is 0 Å². The second kappa shape index (κ2) is 6.84. The van der Waals surface area contributed by atoms with E-state index in [0.717, 1.165) is 38.5 Å². The molecule has 1 rings (SSSR count). The molecule has 1 fully saturated rings. The van der Waals surface area contributed by atoms with Gasteiger partial charge in [-0.3, -0.25) is 4.79 Å². The number of hydrogen-bond acceptors (Lipinski definition) is 4. The van der Waals surface area contributed by atoms with Crippen molar-refractivity contribution in [2.45, 2.75) is 64.0 Å². The fraction of sp³-hybridized carbons (Fsp3) is 0.929. The van der Waals surface area contributed by atoms with Crippen molar-refractivity contribution < 1.29 is 13.2 Å². The average molecular weight is 289 g/mol. The maximum atomic E-state index is 12.4. The summed E-state index contributed by atoms with van der Waals surface area (Å²) in [5.74, 6) is 0.0201. The largest absolute Gasteiger partial charge is 0.329 e. The van der Waals surface area contributed by atoms with E-state index in [9.17, 15) is 13.2 Å². The van der Waals surface area contributed by atoms with Crippen molar-refractivity contribution in [3.8, 4) is 0 Å². The minimum atomic E-state index is -3.14. The highest BCUT2D eigenvalue weighted by Gasteiger charge is 2.37. The topological polar surface area (TPSA) is 77.2 Å². The summed E-state index contributed by atoms with van der Waals surface area (Å²) < 4.78 is 23.6. The summed E-state index contributed by atoms with van der Waals surface area (Å²) in [7, 11) is -3.14. The molecule has 1 aliphatic rings. The molecular weight excluding hydrogens is 262 g/mol. The van der Waals surface area contributed by atoms with Gasteiger partial charge in [0, 0.05) is 18.4 Å². The van der Waals surface area contributed by atoms with Crippen LogP contribution in [0.25, 0.3) is 0 Å². The first-order chi connectivity index (χ1) is 8.84. The summed E-state index contributed by atoms with van der Waals surface area (Å²) in [6, 6.07) is 0. The number of sulfone groups is 1. The normalized spacial score (nSPS) is 20.2. The smallest absolute Gasteiger partial charge is 0.153 e. The summed E-state index contributed by atoms with van der Waals surface area (Å²) in [5, 5.41) is -0.414. The van der Waals surface area contributed by atoms with Gasteiger partial charge in [0.1, 0.15) is 5.78 Å². The molecule has 0 saturated heterocycles. The van der Waals surface area contributed by atoms with E-state index in [4.69, 9.17) is 5.73 Å². The molecule has 0 radical (unpaired) electrons.